The summed E-state index contributed by atoms with van der Waals surface area (Å²) in [6.07, 6.45) is 2.03. The second kappa shape index (κ2) is 7.28. The second-order valence-electron chi connectivity index (χ2n) is 5.97. The van der Waals surface area contributed by atoms with Crippen LogP contribution in [0.15, 0.2) is 30.5 Å². The van der Waals surface area contributed by atoms with E-state index in [4.69, 9.17) is 0 Å². The number of fused-ring (bicyclic) bond motifs is 1. The second-order valence-corrected chi connectivity index (χ2v) is 5.97. The van der Waals surface area contributed by atoms with Gasteiger partial charge in [0, 0.05) is 23.5 Å². The maximum atomic E-state index is 12.3. The van der Waals surface area contributed by atoms with E-state index in [1.165, 1.54) is 0 Å². The molecule has 6 heteroatoms. The molecule has 0 aliphatic heterocycles. The van der Waals surface area contributed by atoms with Gasteiger partial charge in [0.1, 0.15) is 6.04 Å². The molecule has 6 nitrogen and oxygen atoms in total. The summed E-state index contributed by atoms with van der Waals surface area (Å²) >= 11 is 0. The quantitative estimate of drug-likeness (QED) is 0.623. The Balaban J connectivity index is 2.16. The first-order valence-corrected chi connectivity index (χ1v) is 7.69. The molecule has 1 amide bonds. The molecule has 1 aromatic carbocycles. The predicted molar refractivity (Wildman–Crippen MR) is 89.3 cm³/mol. The fraction of sp³-hybridized carbons (Fsp3) is 0.412. The summed E-state index contributed by atoms with van der Waals surface area (Å²) < 4.78 is 0. The van der Waals surface area contributed by atoms with Gasteiger partial charge in [0.2, 0.25) is 5.91 Å². The summed E-state index contributed by atoms with van der Waals surface area (Å²) in [6.45, 7) is 3.83. The zero-order valence-electron chi connectivity index (χ0n) is 13.6. The lowest BCUT2D eigenvalue weighted by Gasteiger charge is -2.22. The van der Waals surface area contributed by atoms with Crippen LogP contribution in [-0.2, 0) is 16.0 Å². The van der Waals surface area contributed by atoms with E-state index in [1.807, 2.05) is 38.1 Å². The van der Waals surface area contributed by atoms with Gasteiger partial charge in [0.15, 0.2) is 0 Å². The van der Waals surface area contributed by atoms with Crippen LogP contribution in [0.5, 0.6) is 0 Å². The van der Waals surface area contributed by atoms with Crippen molar-refractivity contribution in [1.82, 2.24) is 15.6 Å². The van der Waals surface area contributed by atoms with Crippen LogP contribution >= 0.6 is 0 Å². The van der Waals surface area contributed by atoms with Crippen LogP contribution < -0.4 is 10.6 Å². The molecule has 1 aromatic heterocycles. The lowest BCUT2D eigenvalue weighted by molar-refractivity contribution is -0.142. The monoisotopic (exact) mass is 317 g/mol. The average Bonchev–Trinajstić information content (AvgIpc) is 2.90. The van der Waals surface area contributed by atoms with Gasteiger partial charge in [-0.15, -0.1) is 0 Å². The van der Waals surface area contributed by atoms with Crippen LogP contribution in [0, 0.1) is 5.92 Å². The Morgan fingerprint density at radius 3 is 2.57 bits per heavy atom. The molecule has 0 bridgehead atoms. The van der Waals surface area contributed by atoms with Gasteiger partial charge < -0.3 is 20.7 Å². The van der Waals surface area contributed by atoms with Crippen molar-refractivity contribution in [2.24, 2.45) is 5.92 Å². The third-order valence-corrected chi connectivity index (χ3v) is 3.97. The molecule has 23 heavy (non-hydrogen) atoms. The molecule has 2 rings (SSSR count). The van der Waals surface area contributed by atoms with Crippen molar-refractivity contribution >= 4 is 22.8 Å². The van der Waals surface area contributed by atoms with Crippen molar-refractivity contribution < 1.29 is 14.7 Å². The molecule has 0 aliphatic rings. The van der Waals surface area contributed by atoms with Gasteiger partial charge in [-0.25, -0.2) is 4.79 Å². The summed E-state index contributed by atoms with van der Waals surface area (Å²) in [4.78, 5) is 26.9. The van der Waals surface area contributed by atoms with E-state index in [0.29, 0.717) is 0 Å². The van der Waals surface area contributed by atoms with Crippen LogP contribution in [-0.4, -0.2) is 41.1 Å². The number of rotatable bonds is 7. The Hall–Kier alpha value is -2.34. The third kappa shape index (κ3) is 3.90. The normalized spacial score (nSPS) is 13.9. The van der Waals surface area contributed by atoms with E-state index < -0.39 is 18.1 Å². The van der Waals surface area contributed by atoms with E-state index in [-0.39, 0.29) is 18.2 Å². The van der Waals surface area contributed by atoms with Crippen LogP contribution in [0.4, 0.5) is 0 Å². The summed E-state index contributed by atoms with van der Waals surface area (Å²) in [6, 6.07) is 6.31. The highest BCUT2D eigenvalue weighted by Crippen LogP contribution is 2.19. The summed E-state index contributed by atoms with van der Waals surface area (Å²) in [7, 11) is 1.69. The lowest BCUT2D eigenvalue weighted by atomic mass is 10.0. The highest BCUT2D eigenvalue weighted by Gasteiger charge is 2.27. The first-order valence-electron chi connectivity index (χ1n) is 7.69. The first kappa shape index (κ1) is 17.0. The van der Waals surface area contributed by atoms with Gasteiger partial charge in [-0.2, -0.15) is 0 Å². The Labute approximate surface area is 135 Å². The number of aromatic nitrogens is 1. The van der Waals surface area contributed by atoms with Gasteiger partial charge >= 0.3 is 5.97 Å². The van der Waals surface area contributed by atoms with Gasteiger partial charge in [-0.1, -0.05) is 32.0 Å². The summed E-state index contributed by atoms with van der Waals surface area (Å²) in [5.41, 5.74) is 1.83. The number of H-pyrrole nitrogens is 1. The SMILES string of the molecule is CNC(C(=O)NC(Cc1c[nH]c2ccccc12)C(=O)O)C(C)C. The van der Waals surface area contributed by atoms with Crippen LogP contribution in [0.25, 0.3) is 10.9 Å². The number of carbonyl (C=O) groups is 2. The van der Waals surface area contributed by atoms with Crippen molar-refractivity contribution in [3.63, 3.8) is 0 Å². The van der Waals surface area contributed by atoms with E-state index in [9.17, 15) is 14.7 Å². The lowest BCUT2D eigenvalue weighted by Crippen LogP contribution is -2.52. The zero-order valence-corrected chi connectivity index (χ0v) is 13.6. The van der Waals surface area contributed by atoms with Crippen molar-refractivity contribution in [2.75, 3.05) is 7.05 Å². The molecule has 2 unspecified atom stereocenters. The molecule has 0 saturated carbocycles. The number of nitrogens with one attached hydrogen (secondary N) is 3. The number of hydrogen-bond acceptors (Lipinski definition) is 3. The Kier molecular flexibility index (Phi) is 5.39. The largest absolute Gasteiger partial charge is 0.480 e. The minimum atomic E-state index is -1.04. The molecule has 2 aromatic rings. The van der Waals surface area contributed by atoms with Gasteiger partial charge in [-0.05, 0) is 24.6 Å². The minimum Gasteiger partial charge on any atom is -0.480 e. The van der Waals surface area contributed by atoms with E-state index >= 15 is 0 Å². The molecule has 0 spiro atoms. The highest BCUT2D eigenvalue weighted by molar-refractivity contribution is 5.88. The molecule has 0 radical (unpaired) electrons. The topological polar surface area (TPSA) is 94.2 Å². The molecule has 2 atom stereocenters. The van der Waals surface area contributed by atoms with E-state index in [2.05, 4.69) is 15.6 Å². The maximum Gasteiger partial charge on any atom is 0.326 e. The summed E-state index contributed by atoms with van der Waals surface area (Å²) in [5.74, 6) is -1.26. The molecular weight excluding hydrogens is 294 g/mol. The van der Waals surface area contributed by atoms with Crippen LogP contribution in [0.1, 0.15) is 19.4 Å². The van der Waals surface area contributed by atoms with E-state index in [0.717, 1.165) is 16.5 Å². The standard InChI is InChI=1S/C17H23N3O3/c1-10(2)15(18-3)16(21)20-14(17(22)23)8-11-9-19-13-7-5-4-6-12(11)13/h4-7,9-10,14-15,18-19H,8H2,1-3H3,(H,20,21)(H,22,23). The molecular formula is C17H23N3O3. The fourth-order valence-electron chi connectivity index (χ4n) is 2.75. The van der Waals surface area contributed by atoms with Crippen molar-refractivity contribution in [3.05, 3.63) is 36.0 Å². The van der Waals surface area contributed by atoms with Gasteiger partial charge in [0.25, 0.3) is 0 Å². The van der Waals surface area contributed by atoms with Crippen molar-refractivity contribution in [1.29, 1.82) is 0 Å². The first-order chi connectivity index (χ1) is 10.9. The maximum absolute atomic E-state index is 12.3. The minimum absolute atomic E-state index is 0.0718. The average molecular weight is 317 g/mol. The number of para-hydroxylation sites is 1. The Morgan fingerprint density at radius 1 is 1.26 bits per heavy atom. The molecule has 1 heterocycles. The molecule has 4 N–H and O–H groups in total. The number of aromatic amines is 1. The molecule has 0 fully saturated rings. The number of carbonyl (C=O) groups excluding carboxylic acids is 1. The Bertz CT molecular complexity index is 693. The number of hydrogen-bond donors (Lipinski definition) is 4. The summed E-state index contributed by atoms with van der Waals surface area (Å²) in [5, 5.41) is 16.0. The number of amides is 1. The van der Waals surface area contributed by atoms with Crippen molar-refractivity contribution in [3.8, 4) is 0 Å². The highest BCUT2D eigenvalue weighted by atomic mass is 16.4. The Morgan fingerprint density at radius 2 is 1.96 bits per heavy atom. The number of benzene rings is 1. The van der Waals surface area contributed by atoms with Crippen LogP contribution in [0.2, 0.25) is 0 Å². The number of aliphatic carboxylic acids is 1. The third-order valence-electron chi connectivity index (χ3n) is 3.97. The number of carboxylic acids is 1. The predicted octanol–water partition coefficient (Wildman–Crippen LogP) is 1.52. The zero-order chi connectivity index (χ0) is 17.0. The molecule has 124 valence electrons. The molecule has 0 aliphatic carbocycles. The van der Waals surface area contributed by atoms with Crippen LogP contribution in [0.3, 0.4) is 0 Å². The number of likely N-dealkylation sites (N-methyl/N-ethyl adjacent to an activating group) is 1. The van der Waals surface area contributed by atoms with Gasteiger partial charge in [0.05, 0.1) is 6.04 Å². The van der Waals surface area contributed by atoms with E-state index in [1.54, 1.807) is 13.2 Å². The number of carboxylic acid groups (broad SMARTS) is 1. The smallest absolute Gasteiger partial charge is 0.326 e. The molecule has 0 saturated heterocycles. The fourth-order valence-corrected chi connectivity index (χ4v) is 2.75. The van der Waals surface area contributed by atoms with Gasteiger partial charge in [-0.3, -0.25) is 4.79 Å². The van der Waals surface area contributed by atoms with Crippen molar-refractivity contribution in [2.45, 2.75) is 32.4 Å².